The minimum atomic E-state index is -4.62. The van der Waals surface area contributed by atoms with E-state index in [0.29, 0.717) is 5.56 Å². The SMILES string of the molecule is FC(F)(F)c1nc(Cl)c(C2CCC2)c(Cl)n1. The van der Waals surface area contributed by atoms with Crippen LogP contribution in [0, 0.1) is 0 Å². The van der Waals surface area contributed by atoms with Crippen molar-refractivity contribution in [3.8, 4) is 0 Å². The third kappa shape index (κ3) is 2.11. The van der Waals surface area contributed by atoms with E-state index in [-0.39, 0.29) is 16.2 Å². The summed E-state index contributed by atoms with van der Waals surface area (Å²) in [5.74, 6) is -1.19. The Hall–Kier alpha value is -0.550. The Morgan fingerprint density at radius 1 is 1.06 bits per heavy atom. The van der Waals surface area contributed by atoms with Crippen molar-refractivity contribution in [3.05, 3.63) is 21.7 Å². The van der Waals surface area contributed by atoms with Crippen LogP contribution in [-0.2, 0) is 6.18 Å². The van der Waals surface area contributed by atoms with Gasteiger partial charge in [-0.25, -0.2) is 9.97 Å². The van der Waals surface area contributed by atoms with Gasteiger partial charge in [-0.3, -0.25) is 0 Å². The largest absolute Gasteiger partial charge is 0.451 e. The molecule has 7 heteroatoms. The van der Waals surface area contributed by atoms with E-state index >= 15 is 0 Å². The summed E-state index contributed by atoms with van der Waals surface area (Å²) in [6.45, 7) is 0. The fourth-order valence-electron chi connectivity index (χ4n) is 1.58. The summed E-state index contributed by atoms with van der Waals surface area (Å²) in [4.78, 5) is 6.51. The van der Waals surface area contributed by atoms with E-state index in [2.05, 4.69) is 9.97 Å². The lowest BCUT2D eigenvalue weighted by molar-refractivity contribution is -0.145. The highest BCUT2D eigenvalue weighted by molar-refractivity contribution is 6.34. The summed E-state index contributed by atoms with van der Waals surface area (Å²) in [6, 6.07) is 0. The molecule has 0 spiro atoms. The zero-order valence-corrected chi connectivity index (χ0v) is 9.49. The number of alkyl halides is 3. The molecule has 0 bridgehead atoms. The molecule has 0 radical (unpaired) electrons. The maximum atomic E-state index is 12.3. The molecule has 0 aliphatic heterocycles. The van der Waals surface area contributed by atoms with E-state index in [4.69, 9.17) is 23.2 Å². The Labute approximate surface area is 99.8 Å². The summed E-state index contributed by atoms with van der Waals surface area (Å²) < 4.78 is 37.0. The van der Waals surface area contributed by atoms with E-state index in [1.807, 2.05) is 0 Å². The molecule has 1 aromatic rings. The molecule has 0 unspecified atom stereocenters. The first-order valence-electron chi connectivity index (χ1n) is 4.69. The molecule has 88 valence electrons. The first-order valence-corrected chi connectivity index (χ1v) is 5.45. The van der Waals surface area contributed by atoms with Crippen molar-refractivity contribution in [1.82, 2.24) is 9.97 Å². The topological polar surface area (TPSA) is 25.8 Å². The van der Waals surface area contributed by atoms with Crippen LogP contribution in [0.4, 0.5) is 13.2 Å². The molecule has 2 nitrogen and oxygen atoms in total. The Balaban J connectivity index is 2.43. The molecule has 0 saturated heterocycles. The number of hydrogen-bond acceptors (Lipinski definition) is 2. The predicted octanol–water partition coefficient (Wildman–Crippen LogP) is 4.07. The molecule has 0 N–H and O–H groups in total. The molecule has 1 aliphatic carbocycles. The normalized spacial score (nSPS) is 17.3. The highest BCUT2D eigenvalue weighted by Crippen LogP contribution is 2.42. The number of nitrogens with zero attached hydrogens (tertiary/aromatic N) is 2. The third-order valence-electron chi connectivity index (χ3n) is 2.62. The second-order valence-corrected chi connectivity index (χ2v) is 4.38. The molecule has 0 amide bonds. The van der Waals surface area contributed by atoms with Crippen molar-refractivity contribution in [2.45, 2.75) is 31.4 Å². The van der Waals surface area contributed by atoms with Crippen molar-refractivity contribution in [2.24, 2.45) is 0 Å². The van der Waals surface area contributed by atoms with Crippen LogP contribution >= 0.6 is 23.2 Å². The monoisotopic (exact) mass is 270 g/mol. The Bertz CT molecular complexity index is 393. The molecule has 0 aromatic carbocycles. The van der Waals surface area contributed by atoms with E-state index in [1.54, 1.807) is 0 Å². The van der Waals surface area contributed by atoms with Gasteiger partial charge in [0.15, 0.2) is 0 Å². The molecule has 0 atom stereocenters. The van der Waals surface area contributed by atoms with Crippen LogP contribution in [-0.4, -0.2) is 9.97 Å². The molecule has 1 fully saturated rings. The van der Waals surface area contributed by atoms with E-state index in [9.17, 15) is 13.2 Å². The van der Waals surface area contributed by atoms with Crippen LogP contribution in [0.15, 0.2) is 0 Å². The van der Waals surface area contributed by atoms with Crippen molar-refractivity contribution in [2.75, 3.05) is 0 Å². The maximum absolute atomic E-state index is 12.3. The molecule has 1 saturated carbocycles. The molecular formula is C9H7Cl2F3N2. The van der Waals surface area contributed by atoms with E-state index < -0.39 is 12.0 Å². The Morgan fingerprint density at radius 2 is 1.56 bits per heavy atom. The summed E-state index contributed by atoms with van der Waals surface area (Å²) >= 11 is 11.4. The lowest BCUT2D eigenvalue weighted by atomic mass is 9.81. The predicted molar refractivity (Wildman–Crippen MR) is 53.6 cm³/mol. The third-order valence-corrected chi connectivity index (χ3v) is 3.20. The Morgan fingerprint density at radius 3 is 1.88 bits per heavy atom. The first-order chi connectivity index (χ1) is 7.39. The van der Waals surface area contributed by atoms with Gasteiger partial charge in [0.25, 0.3) is 0 Å². The highest BCUT2D eigenvalue weighted by Gasteiger charge is 2.37. The highest BCUT2D eigenvalue weighted by atomic mass is 35.5. The quantitative estimate of drug-likeness (QED) is 0.719. The zero-order chi connectivity index (χ0) is 11.9. The molecule has 1 aromatic heterocycles. The van der Waals surface area contributed by atoms with Gasteiger partial charge in [0.2, 0.25) is 5.82 Å². The van der Waals surface area contributed by atoms with Crippen LogP contribution in [0.25, 0.3) is 0 Å². The van der Waals surface area contributed by atoms with Crippen molar-refractivity contribution >= 4 is 23.2 Å². The summed E-state index contributed by atoms with van der Waals surface area (Å²) in [7, 11) is 0. The Kier molecular flexibility index (Phi) is 3.01. The van der Waals surface area contributed by atoms with Gasteiger partial charge in [0.05, 0.1) is 0 Å². The van der Waals surface area contributed by atoms with E-state index in [0.717, 1.165) is 19.3 Å². The second kappa shape index (κ2) is 4.04. The number of rotatable bonds is 1. The van der Waals surface area contributed by atoms with Crippen molar-refractivity contribution in [3.63, 3.8) is 0 Å². The summed E-state index contributed by atoms with van der Waals surface area (Å²) in [6.07, 6.45) is -1.86. The fourth-order valence-corrected chi connectivity index (χ4v) is 2.27. The standard InChI is InChI=1S/C9H7Cl2F3N2/c10-6-5(4-2-1-3-4)7(11)16-8(15-6)9(12,13)14/h4H,1-3H2. The second-order valence-electron chi connectivity index (χ2n) is 3.67. The van der Waals surface area contributed by atoms with Gasteiger partial charge >= 0.3 is 6.18 Å². The van der Waals surface area contributed by atoms with Crippen LogP contribution < -0.4 is 0 Å². The van der Waals surface area contributed by atoms with Gasteiger partial charge in [-0.05, 0) is 18.8 Å². The average molecular weight is 271 g/mol. The first kappa shape index (κ1) is 11.9. The van der Waals surface area contributed by atoms with Gasteiger partial charge < -0.3 is 0 Å². The molecule has 16 heavy (non-hydrogen) atoms. The average Bonchev–Trinajstić information content (AvgIpc) is 2.05. The van der Waals surface area contributed by atoms with Crippen molar-refractivity contribution < 1.29 is 13.2 Å². The summed E-state index contributed by atoms with van der Waals surface area (Å²) in [5, 5.41) is -0.367. The minimum absolute atomic E-state index is 0.0993. The van der Waals surface area contributed by atoms with Crippen LogP contribution in [0.2, 0.25) is 10.3 Å². The van der Waals surface area contributed by atoms with E-state index in [1.165, 1.54) is 0 Å². The van der Waals surface area contributed by atoms with Gasteiger partial charge in [-0.1, -0.05) is 29.6 Å². The smallest absolute Gasteiger partial charge is 0.212 e. The number of hydrogen-bond donors (Lipinski definition) is 0. The van der Waals surface area contributed by atoms with Gasteiger partial charge in [-0.2, -0.15) is 13.2 Å². The molecule has 1 heterocycles. The molecular weight excluding hydrogens is 264 g/mol. The molecule has 2 rings (SSSR count). The maximum Gasteiger partial charge on any atom is 0.451 e. The van der Waals surface area contributed by atoms with Gasteiger partial charge in [0, 0.05) is 5.56 Å². The lowest BCUT2D eigenvalue weighted by Gasteiger charge is -2.26. The van der Waals surface area contributed by atoms with Gasteiger partial charge in [-0.15, -0.1) is 0 Å². The minimum Gasteiger partial charge on any atom is -0.212 e. The van der Waals surface area contributed by atoms with Crippen LogP contribution in [0.1, 0.15) is 36.6 Å². The van der Waals surface area contributed by atoms with Crippen LogP contribution in [0.3, 0.4) is 0 Å². The number of halogens is 5. The summed E-state index contributed by atoms with van der Waals surface area (Å²) in [5.41, 5.74) is 0.447. The molecule has 1 aliphatic rings. The zero-order valence-electron chi connectivity index (χ0n) is 7.98. The van der Waals surface area contributed by atoms with Crippen LogP contribution in [0.5, 0.6) is 0 Å². The lowest BCUT2D eigenvalue weighted by Crippen LogP contribution is -2.16. The fraction of sp³-hybridized carbons (Fsp3) is 0.556. The van der Waals surface area contributed by atoms with Gasteiger partial charge in [0.1, 0.15) is 10.3 Å². The number of aromatic nitrogens is 2. The van der Waals surface area contributed by atoms with Crippen molar-refractivity contribution in [1.29, 1.82) is 0 Å².